The molecule has 0 aliphatic heterocycles. The molecule has 0 bridgehead atoms. The molecule has 0 heterocycles. The van der Waals surface area contributed by atoms with Gasteiger partial charge in [-0.15, -0.1) is 0 Å². The topological polar surface area (TPSA) is 84.2 Å². The van der Waals surface area contributed by atoms with E-state index in [4.69, 9.17) is 5.73 Å². The second kappa shape index (κ2) is 25.3. The lowest BCUT2D eigenvalue weighted by Crippen LogP contribution is -2.40. The minimum atomic E-state index is -0.437. The molecule has 4 N–H and O–H groups in total. The number of hydrogen-bond acceptors (Lipinski definition) is 3. The summed E-state index contributed by atoms with van der Waals surface area (Å²) < 4.78 is 0. The molecule has 0 aromatic carbocycles. The minimum Gasteiger partial charge on any atom is -0.356 e. The maximum absolute atomic E-state index is 11.9. The quantitative estimate of drug-likeness (QED) is 0.112. The van der Waals surface area contributed by atoms with Gasteiger partial charge in [-0.2, -0.15) is 0 Å². The fraction of sp³-hybridized carbons (Fsp3) is 0.857. The maximum atomic E-state index is 11.9. The van der Waals surface area contributed by atoms with Crippen molar-refractivity contribution >= 4 is 11.8 Å². The Morgan fingerprint density at radius 2 is 1.21 bits per heavy atom. The molecule has 0 aromatic rings. The molecule has 1 atom stereocenters. The molecule has 0 aromatic heterocycles. The molecule has 5 heteroatoms. The summed E-state index contributed by atoms with van der Waals surface area (Å²) in [6, 6.07) is -0.437. The summed E-state index contributed by atoms with van der Waals surface area (Å²) >= 11 is 0. The Bertz CT molecular complexity index is 480. The monoisotopic (exact) mass is 465 g/mol. The van der Waals surface area contributed by atoms with Crippen LogP contribution in [0.3, 0.4) is 0 Å². The summed E-state index contributed by atoms with van der Waals surface area (Å²) in [7, 11) is 0. The number of nitrogens with two attached hydrogens (primary N) is 1. The molecule has 33 heavy (non-hydrogen) atoms. The fourth-order valence-electron chi connectivity index (χ4n) is 3.81. The van der Waals surface area contributed by atoms with Crippen molar-refractivity contribution in [3.63, 3.8) is 0 Å². The molecule has 0 saturated carbocycles. The van der Waals surface area contributed by atoms with Gasteiger partial charge in [-0.05, 0) is 57.8 Å². The second-order valence-electron chi connectivity index (χ2n) is 9.43. The summed E-state index contributed by atoms with van der Waals surface area (Å²) in [5.74, 6) is 0.0888. The molecular formula is C28H55N3O2. The zero-order chi connectivity index (χ0) is 24.4. The van der Waals surface area contributed by atoms with Crippen molar-refractivity contribution in [1.82, 2.24) is 10.6 Å². The van der Waals surface area contributed by atoms with Gasteiger partial charge in [0.1, 0.15) is 0 Å². The van der Waals surface area contributed by atoms with Crippen LogP contribution in [-0.4, -0.2) is 30.9 Å². The van der Waals surface area contributed by atoms with Crippen molar-refractivity contribution in [2.75, 3.05) is 13.1 Å². The highest BCUT2D eigenvalue weighted by molar-refractivity contribution is 5.81. The van der Waals surface area contributed by atoms with E-state index in [-0.39, 0.29) is 11.8 Å². The van der Waals surface area contributed by atoms with E-state index in [0.717, 1.165) is 38.5 Å². The number of hydrogen-bond donors (Lipinski definition) is 3. The number of carbonyl (C=O) groups excluding carboxylic acids is 2. The third-order valence-corrected chi connectivity index (χ3v) is 6.10. The number of amides is 2. The van der Waals surface area contributed by atoms with Crippen LogP contribution in [0.5, 0.6) is 0 Å². The molecule has 0 rings (SSSR count). The molecule has 194 valence electrons. The van der Waals surface area contributed by atoms with Gasteiger partial charge in [0.25, 0.3) is 0 Å². The van der Waals surface area contributed by atoms with E-state index in [1.807, 2.05) is 0 Å². The first-order valence-electron chi connectivity index (χ1n) is 14.1. The molecule has 0 aliphatic rings. The van der Waals surface area contributed by atoms with Crippen molar-refractivity contribution in [2.24, 2.45) is 5.73 Å². The number of rotatable bonds is 24. The van der Waals surface area contributed by atoms with Crippen LogP contribution in [-0.2, 0) is 9.59 Å². The first kappa shape index (κ1) is 31.6. The van der Waals surface area contributed by atoms with Crippen LogP contribution in [0.15, 0.2) is 12.2 Å². The predicted octanol–water partition coefficient (Wildman–Crippen LogP) is 6.55. The first-order valence-corrected chi connectivity index (χ1v) is 14.1. The van der Waals surface area contributed by atoms with Crippen molar-refractivity contribution in [3.05, 3.63) is 12.2 Å². The van der Waals surface area contributed by atoms with E-state index in [1.165, 1.54) is 70.6 Å². The number of unbranched alkanes of at least 4 members (excludes halogenated alkanes) is 13. The molecule has 0 aliphatic carbocycles. The zero-order valence-electron chi connectivity index (χ0n) is 22.0. The zero-order valence-corrected chi connectivity index (χ0v) is 22.0. The van der Waals surface area contributed by atoms with E-state index in [0.29, 0.717) is 25.9 Å². The Labute approximate surface area is 205 Å². The fourth-order valence-corrected chi connectivity index (χ4v) is 3.81. The van der Waals surface area contributed by atoms with Gasteiger partial charge >= 0.3 is 0 Å². The molecule has 2 amide bonds. The highest BCUT2D eigenvalue weighted by Crippen LogP contribution is 2.10. The molecular weight excluding hydrogens is 410 g/mol. The normalized spacial score (nSPS) is 12.2. The second-order valence-corrected chi connectivity index (χ2v) is 9.43. The van der Waals surface area contributed by atoms with Crippen LogP contribution in [0.25, 0.3) is 0 Å². The van der Waals surface area contributed by atoms with E-state index < -0.39 is 6.04 Å². The number of carbonyl (C=O) groups is 2. The van der Waals surface area contributed by atoms with Gasteiger partial charge in [0.2, 0.25) is 11.8 Å². The van der Waals surface area contributed by atoms with Gasteiger partial charge in [0, 0.05) is 19.5 Å². The number of allylic oxidation sites excluding steroid dienone is 2. The molecule has 5 nitrogen and oxygen atoms in total. The van der Waals surface area contributed by atoms with Crippen LogP contribution in [0.4, 0.5) is 0 Å². The SMILES string of the molecule is CCCCCCCC/C=C\CCCCCCCC(=O)NCCCC[C@H](N)C(=O)NCCCC. The Morgan fingerprint density at radius 3 is 1.85 bits per heavy atom. The predicted molar refractivity (Wildman–Crippen MR) is 142 cm³/mol. The summed E-state index contributed by atoms with van der Waals surface area (Å²) in [6.07, 6.45) is 26.3. The van der Waals surface area contributed by atoms with E-state index >= 15 is 0 Å². The number of nitrogens with one attached hydrogen (secondary N) is 2. The summed E-state index contributed by atoms with van der Waals surface area (Å²) in [5, 5.41) is 5.85. The van der Waals surface area contributed by atoms with Crippen molar-refractivity contribution in [1.29, 1.82) is 0 Å². The summed E-state index contributed by atoms with van der Waals surface area (Å²) in [5.41, 5.74) is 5.91. The molecule has 0 spiro atoms. The molecule has 0 radical (unpaired) electrons. The van der Waals surface area contributed by atoms with Crippen LogP contribution in [0.1, 0.15) is 136 Å². The van der Waals surface area contributed by atoms with Crippen LogP contribution in [0.2, 0.25) is 0 Å². The Hall–Kier alpha value is -1.36. The van der Waals surface area contributed by atoms with Gasteiger partial charge in [-0.3, -0.25) is 9.59 Å². The highest BCUT2D eigenvalue weighted by Gasteiger charge is 2.11. The third kappa shape index (κ3) is 23.6. The van der Waals surface area contributed by atoms with Crippen molar-refractivity contribution < 1.29 is 9.59 Å². The third-order valence-electron chi connectivity index (χ3n) is 6.10. The van der Waals surface area contributed by atoms with E-state index in [2.05, 4.69) is 36.6 Å². The Morgan fingerprint density at radius 1 is 0.667 bits per heavy atom. The smallest absolute Gasteiger partial charge is 0.236 e. The summed E-state index contributed by atoms with van der Waals surface area (Å²) in [6.45, 7) is 5.74. The average Bonchev–Trinajstić information content (AvgIpc) is 2.81. The van der Waals surface area contributed by atoms with Crippen molar-refractivity contribution in [3.8, 4) is 0 Å². The van der Waals surface area contributed by atoms with Gasteiger partial charge in [-0.1, -0.05) is 83.8 Å². The maximum Gasteiger partial charge on any atom is 0.236 e. The molecule has 0 fully saturated rings. The van der Waals surface area contributed by atoms with E-state index in [1.54, 1.807) is 0 Å². The van der Waals surface area contributed by atoms with Gasteiger partial charge in [-0.25, -0.2) is 0 Å². The summed E-state index contributed by atoms with van der Waals surface area (Å²) in [4.78, 5) is 23.7. The Balaban J connectivity index is 3.38. The van der Waals surface area contributed by atoms with Crippen LogP contribution in [0, 0.1) is 0 Å². The minimum absolute atomic E-state index is 0.0586. The molecule has 0 saturated heterocycles. The Kier molecular flexibility index (Phi) is 24.2. The van der Waals surface area contributed by atoms with Crippen LogP contribution >= 0.6 is 0 Å². The molecule has 0 unspecified atom stereocenters. The largest absolute Gasteiger partial charge is 0.356 e. The lowest BCUT2D eigenvalue weighted by molar-refractivity contribution is -0.123. The standard InChI is InChI=1S/C28H55N3O2/c1-3-5-7-8-9-10-11-12-13-14-15-16-17-18-19-23-27(32)30-25-21-20-22-26(29)28(33)31-24-6-4-2/h12-13,26H,3-11,14-25,29H2,1-2H3,(H,30,32)(H,31,33)/b13-12-/t26-/m0/s1. The first-order chi connectivity index (χ1) is 16.1. The highest BCUT2D eigenvalue weighted by atomic mass is 16.2. The lowest BCUT2D eigenvalue weighted by Gasteiger charge is -2.12. The van der Waals surface area contributed by atoms with Gasteiger partial charge in [0.05, 0.1) is 6.04 Å². The van der Waals surface area contributed by atoms with E-state index in [9.17, 15) is 9.59 Å². The van der Waals surface area contributed by atoms with Gasteiger partial charge in [0.15, 0.2) is 0 Å². The van der Waals surface area contributed by atoms with Gasteiger partial charge < -0.3 is 16.4 Å². The average molecular weight is 466 g/mol. The lowest BCUT2D eigenvalue weighted by atomic mass is 10.1. The van der Waals surface area contributed by atoms with Crippen LogP contribution < -0.4 is 16.4 Å². The van der Waals surface area contributed by atoms with Crippen molar-refractivity contribution in [2.45, 2.75) is 142 Å².